The summed E-state index contributed by atoms with van der Waals surface area (Å²) < 4.78 is 23.3. The van der Waals surface area contributed by atoms with Crippen LogP contribution in [0.4, 0.5) is 0 Å². The Morgan fingerprint density at radius 1 is 0.462 bits per heavy atom. The lowest BCUT2D eigenvalue weighted by Crippen LogP contribution is -2.45. The van der Waals surface area contributed by atoms with Crippen LogP contribution in [0.3, 0.4) is 0 Å². The molecule has 0 saturated carbocycles. The molecule has 3 atom stereocenters. The van der Waals surface area contributed by atoms with E-state index in [2.05, 4.69) is 141 Å². The van der Waals surface area contributed by atoms with Crippen molar-refractivity contribution in [1.82, 2.24) is 5.32 Å². The van der Waals surface area contributed by atoms with Gasteiger partial charge in [0, 0.05) is 6.42 Å². The highest BCUT2D eigenvalue weighted by molar-refractivity contribution is 7.45. The minimum Gasteiger partial charge on any atom is -0.756 e. The molecular formula is C69H119N2O6P. The SMILES string of the molecule is CC/C=C\C/C=C\C/C=C\C/C=C\C/C=C\C/C=C\C/C=C\C/C=C\C/C=C\C/C=C\CCCCCCCCCCCCC(=O)NC(COP(=O)([O-])OCC[N+](C)(C)C)C(O)/C=C/CCCCCCCCCCCCCCC. The Kier molecular flexibility index (Phi) is 55.8. The molecule has 0 bridgehead atoms. The van der Waals surface area contributed by atoms with E-state index in [0.717, 1.165) is 109 Å². The molecule has 8 nitrogen and oxygen atoms in total. The first-order valence-corrected chi connectivity index (χ1v) is 33.0. The van der Waals surface area contributed by atoms with Gasteiger partial charge in [0.1, 0.15) is 13.2 Å². The molecule has 1 amide bonds. The van der Waals surface area contributed by atoms with Crippen molar-refractivity contribution < 1.29 is 32.9 Å². The number of unbranched alkanes of at least 4 members (excludes halogenated alkanes) is 23. The maximum absolute atomic E-state index is 13.0. The first-order valence-electron chi connectivity index (χ1n) is 31.5. The molecule has 0 spiro atoms. The number of phosphoric ester groups is 1. The van der Waals surface area contributed by atoms with Crippen LogP contribution < -0.4 is 10.2 Å². The van der Waals surface area contributed by atoms with Crippen LogP contribution in [-0.4, -0.2) is 68.5 Å². The lowest BCUT2D eigenvalue weighted by molar-refractivity contribution is -0.870. The van der Waals surface area contributed by atoms with Gasteiger partial charge in [-0.15, -0.1) is 0 Å². The zero-order valence-corrected chi connectivity index (χ0v) is 51.7. The molecule has 78 heavy (non-hydrogen) atoms. The molecule has 0 aromatic carbocycles. The summed E-state index contributed by atoms with van der Waals surface area (Å²) in [6, 6.07) is -0.897. The summed E-state index contributed by atoms with van der Waals surface area (Å²) in [5, 5.41) is 13.9. The van der Waals surface area contributed by atoms with Gasteiger partial charge in [0.05, 0.1) is 39.9 Å². The van der Waals surface area contributed by atoms with E-state index in [1.54, 1.807) is 6.08 Å². The Labute approximate surface area is 481 Å². The van der Waals surface area contributed by atoms with Crippen molar-refractivity contribution in [2.24, 2.45) is 0 Å². The Bertz CT molecular complexity index is 1730. The highest BCUT2D eigenvalue weighted by Gasteiger charge is 2.23. The van der Waals surface area contributed by atoms with Crippen LogP contribution in [0.25, 0.3) is 0 Å². The van der Waals surface area contributed by atoms with Gasteiger partial charge in [0.15, 0.2) is 0 Å². The number of nitrogens with zero attached hydrogens (tertiary/aromatic N) is 1. The molecule has 0 aliphatic rings. The number of allylic oxidation sites excluding steroid dienone is 21. The van der Waals surface area contributed by atoms with E-state index < -0.39 is 20.0 Å². The minimum atomic E-state index is -4.60. The smallest absolute Gasteiger partial charge is 0.268 e. The van der Waals surface area contributed by atoms with Crippen molar-refractivity contribution in [3.63, 3.8) is 0 Å². The van der Waals surface area contributed by atoms with Crippen LogP contribution in [0.2, 0.25) is 0 Å². The number of phosphoric acid groups is 1. The molecule has 0 aromatic heterocycles. The zero-order chi connectivity index (χ0) is 57.0. The first kappa shape index (κ1) is 74.6. The fraction of sp³-hybridized carbons (Fsp3) is 0.667. The monoisotopic (exact) mass is 1100 g/mol. The highest BCUT2D eigenvalue weighted by atomic mass is 31.2. The van der Waals surface area contributed by atoms with Crippen LogP contribution in [-0.2, 0) is 18.4 Å². The van der Waals surface area contributed by atoms with Crippen LogP contribution >= 0.6 is 7.82 Å². The molecule has 0 heterocycles. The number of hydrogen-bond donors (Lipinski definition) is 2. The summed E-state index contributed by atoms with van der Waals surface area (Å²) in [5.74, 6) is -0.207. The van der Waals surface area contributed by atoms with Crippen molar-refractivity contribution in [3.8, 4) is 0 Å². The number of amides is 1. The molecule has 0 rings (SSSR count). The fourth-order valence-corrected chi connectivity index (χ4v) is 9.20. The standard InChI is InChI=1S/C69H119N2O6P/c1-6-8-10-12-14-16-18-20-22-23-24-25-26-27-28-29-30-31-32-33-34-35-36-37-38-39-40-41-42-43-44-45-46-47-49-51-53-55-57-59-61-63-69(73)70-67(66-77-78(74,75)76-65-64-71(3,4)5)68(72)62-60-58-56-54-52-50-48-21-19-17-15-13-11-9-7-2/h8,10,14,16,20,22,24-25,27-28,30-31,33-34,36-37,39-40,42-43,60,62,67-68,72H,6-7,9,11-13,15,17-19,21,23,26,29,32,35,38,41,44-59,61,63-66H2,1-5H3,(H-,70,73,74,75)/b10-8-,16-14-,22-20-,25-24-,28-27-,31-30-,34-33-,37-36-,40-39-,43-42-,62-60+. The van der Waals surface area contributed by atoms with Crippen molar-refractivity contribution in [3.05, 3.63) is 134 Å². The maximum atomic E-state index is 13.0. The molecule has 3 unspecified atom stereocenters. The van der Waals surface area contributed by atoms with Gasteiger partial charge in [0.2, 0.25) is 5.91 Å². The van der Waals surface area contributed by atoms with Gasteiger partial charge in [-0.3, -0.25) is 9.36 Å². The van der Waals surface area contributed by atoms with Crippen LogP contribution in [0.15, 0.2) is 134 Å². The zero-order valence-electron chi connectivity index (χ0n) is 50.8. The van der Waals surface area contributed by atoms with Gasteiger partial charge in [-0.1, -0.05) is 276 Å². The number of likely N-dealkylation sites (N-methyl/N-ethyl adjacent to an activating group) is 1. The predicted molar refractivity (Wildman–Crippen MR) is 338 cm³/mol. The minimum absolute atomic E-state index is 0.00731. The molecule has 0 radical (unpaired) electrons. The van der Waals surface area contributed by atoms with Gasteiger partial charge in [-0.25, -0.2) is 0 Å². The number of carbonyl (C=O) groups is 1. The molecule has 0 fully saturated rings. The molecule has 0 aliphatic carbocycles. The molecular weight excluding hydrogens is 984 g/mol. The quantitative estimate of drug-likeness (QED) is 0.0272. The highest BCUT2D eigenvalue weighted by Crippen LogP contribution is 2.38. The summed E-state index contributed by atoms with van der Waals surface area (Å²) in [5.41, 5.74) is 0. The van der Waals surface area contributed by atoms with Crippen molar-refractivity contribution in [1.29, 1.82) is 0 Å². The van der Waals surface area contributed by atoms with Crippen LogP contribution in [0, 0.1) is 0 Å². The summed E-state index contributed by atoms with van der Waals surface area (Å²) in [6.07, 6.45) is 88.2. The number of aliphatic hydroxyl groups is 1. The molecule has 0 saturated heterocycles. The Morgan fingerprint density at radius 3 is 1.14 bits per heavy atom. The number of rotatable bonds is 56. The normalized spacial score (nSPS) is 14.7. The lowest BCUT2D eigenvalue weighted by Gasteiger charge is -2.29. The van der Waals surface area contributed by atoms with Crippen molar-refractivity contribution in [2.45, 2.75) is 257 Å². The van der Waals surface area contributed by atoms with E-state index in [1.807, 2.05) is 27.2 Å². The third-order valence-electron chi connectivity index (χ3n) is 13.4. The summed E-state index contributed by atoms with van der Waals surface area (Å²) in [6.45, 7) is 4.52. The molecule has 2 N–H and O–H groups in total. The molecule has 0 aliphatic heterocycles. The molecule has 9 heteroatoms. The van der Waals surface area contributed by atoms with E-state index in [9.17, 15) is 19.4 Å². The number of quaternary nitrogens is 1. The topological polar surface area (TPSA) is 108 Å². The third kappa shape index (κ3) is 60.3. The Morgan fingerprint density at radius 2 is 0.782 bits per heavy atom. The Hall–Kier alpha value is -3.36. The van der Waals surface area contributed by atoms with Gasteiger partial charge >= 0.3 is 0 Å². The second-order valence-electron chi connectivity index (χ2n) is 22.0. The second-order valence-corrected chi connectivity index (χ2v) is 23.4. The largest absolute Gasteiger partial charge is 0.756 e. The lowest BCUT2D eigenvalue weighted by atomic mass is 10.0. The van der Waals surface area contributed by atoms with E-state index in [4.69, 9.17) is 9.05 Å². The first-order chi connectivity index (χ1) is 38.0. The predicted octanol–water partition coefficient (Wildman–Crippen LogP) is 19.2. The summed E-state index contributed by atoms with van der Waals surface area (Å²) in [4.78, 5) is 25.5. The maximum Gasteiger partial charge on any atom is 0.268 e. The van der Waals surface area contributed by atoms with E-state index in [-0.39, 0.29) is 19.1 Å². The summed E-state index contributed by atoms with van der Waals surface area (Å²) in [7, 11) is 1.25. The van der Waals surface area contributed by atoms with Crippen molar-refractivity contribution >= 4 is 13.7 Å². The summed E-state index contributed by atoms with van der Waals surface area (Å²) >= 11 is 0. The van der Waals surface area contributed by atoms with E-state index in [0.29, 0.717) is 17.4 Å². The van der Waals surface area contributed by atoms with Crippen molar-refractivity contribution in [2.75, 3.05) is 40.9 Å². The second kappa shape index (κ2) is 58.3. The Balaban J connectivity index is 4.10. The fourth-order valence-electron chi connectivity index (χ4n) is 8.48. The van der Waals surface area contributed by atoms with Gasteiger partial charge in [0.25, 0.3) is 7.82 Å². The average Bonchev–Trinajstić information content (AvgIpc) is 3.41. The van der Waals surface area contributed by atoms with Gasteiger partial charge < -0.3 is 28.8 Å². The van der Waals surface area contributed by atoms with Gasteiger partial charge in [-0.05, 0) is 96.3 Å². The van der Waals surface area contributed by atoms with Crippen LogP contribution in [0.1, 0.15) is 245 Å². The number of aliphatic hydroxyl groups excluding tert-OH is 1. The van der Waals surface area contributed by atoms with E-state index >= 15 is 0 Å². The number of carbonyl (C=O) groups excluding carboxylic acids is 1. The van der Waals surface area contributed by atoms with Crippen LogP contribution in [0.5, 0.6) is 0 Å². The third-order valence-corrected chi connectivity index (χ3v) is 14.3. The van der Waals surface area contributed by atoms with E-state index in [1.165, 1.54) is 116 Å². The number of nitrogens with one attached hydrogen (secondary N) is 1. The molecule has 446 valence electrons. The molecule has 0 aromatic rings. The number of hydrogen-bond acceptors (Lipinski definition) is 6. The van der Waals surface area contributed by atoms with Gasteiger partial charge in [-0.2, -0.15) is 0 Å². The average molecular weight is 1100 g/mol.